The number of benzene rings is 2. The Kier molecular flexibility index (Phi) is 5.80. The minimum absolute atomic E-state index is 0.00767. The van der Waals surface area contributed by atoms with Crippen LogP contribution in [-0.2, 0) is 16.0 Å². The Hall–Kier alpha value is -4.64. The number of phenolic OH excluding ortho intramolecular Hbond substituents is 1. The molecule has 0 heterocycles. The summed E-state index contributed by atoms with van der Waals surface area (Å²) in [6.07, 6.45) is -0.196. The lowest BCUT2D eigenvalue weighted by atomic mass is 9.60. The number of anilines is 1. The Morgan fingerprint density at radius 1 is 1.05 bits per heavy atom. The Morgan fingerprint density at radius 2 is 1.69 bits per heavy atom. The van der Waals surface area contributed by atoms with Gasteiger partial charge in [-0.25, -0.2) is 4.79 Å². The fourth-order valence-electron chi connectivity index (χ4n) is 6.07. The first-order valence-corrected chi connectivity index (χ1v) is 12.2. The molecule has 7 N–H and O–H groups in total. The topological polar surface area (TPSA) is 199 Å². The van der Waals surface area contributed by atoms with Gasteiger partial charge in [-0.15, -0.1) is 0 Å². The van der Waals surface area contributed by atoms with Crippen molar-refractivity contribution in [1.82, 2.24) is 0 Å². The number of rotatable bonds is 4. The van der Waals surface area contributed by atoms with Gasteiger partial charge in [0.25, 0.3) is 0 Å². The zero-order valence-electron chi connectivity index (χ0n) is 21.1. The third-order valence-corrected chi connectivity index (χ3v) is 7.97. The highest BCUT2D eigenvalue weighted by Crippen LogP contribution is 2.53. The second-order valence-electron chi connectivity index (χ2n) is 10.3. The number of hydrogen-bond donors (Lipinski definition) is 6. The summed E-state index contributed by atoms with van der Waals surface area (Å²) < 4.78 is 0. The predicted molar refractivity (Wildman–Crippen MR) is 138 cm³/mol. The van der Waals surface area contributed by atoms with Gasteiger partial charge < -0.3 is 36.2 Å². The Labute approximate surface area is 222 Å². The molecular weight excluding hydrogens is 508 g/mol. The van der Waals surface area contributed by atoms with Crippen LogP contribution in [0, 0.1) is 11.8 Å². The molecular formula is C28H26N2O9. The van der Waals surface area contributed by atoms with Crippen molar-refractivity contribution in [1.29, 1.82) is 0 Å². The molecule has 0 fully saturated rings. The number of aliphatic carboxylic acids is 1. The Morgan fingerprint density at radius 3 is 2.26 bits per heavy atom. The van der Waals surface area contributed by atoms with Crippen molar-refractivity contribution in [3.8, 4) is 16.9 Å². The number of hydrogen-bond acceptors (Lipinski definition) is 9. The van der Waals surface area contributed by atoms with E-state index in [-0.39, 0.29) is 47.3 Å². The third kappa shape index (κ3) is 3.61. The van der Waals surface area contributed by atoms with Crippen LogP contribution in [0.25, 0.3) is 11.1 Å². The molecule has 0 radical (unpaired) electrons. The van der Waals surface area contributed by atoms with Crippen LogP contribution in [0.1, 0.15) is 39.1 Å². The summed E-state index contributed by atoms with van der Waals surface area (Å²) >= 11 is 0. The Balaban J connectivity index is 1.70. The molecule has 0 unspecified atom stereocenters. The molecule has 39 heavy (non-hydrogen) atoms. The maximum absolute atomic E-state index is 13.9. The zero-order chi connectivity index (χ0) is 28.5. The van der Waals surface area contributed by atoms with Gasteiger partial charge in [-0.1, -0.05) is 12.1 Å². The number of ketones is 2. The summed E-state index contributed by atoms with van der Waals surface area (Å²) in [4.78, 5) is 51.8. The van der Waals surface area contributed by atoms with Gasteiger partial charge in [0.15, 0.2) is 11.4 Å². The molecule has 0 bridgehead atoms. The molecule has 3 aliphatic carbocycles. The highest BCUT2D eigenvalue weighted by molar-refractivity contribution is 6.23. The van der Waals surface area contributed by atoms with Crippen molar-refractivity contribution in [3.05, 3.63) is 69.7 Å². The number of aromatic hydroxyl groups is 1. The number of amides is 1. The number of aliphatic hydroxyl groups is 3. The van der Waals surface area contributed by atoms with Gasteiger partial charge in [0.05, 0.1) is 5.56 Å². The van der Waals surface area contributed by atoms with Gasteiger partial charge in [0.2, 0.25) is 11.7 Å². The smallest absolute Gasteiger partial charge is 0.342 e. The van der Waals surface area contributed by atoms with Crippen LogP contribution in [0.5, 0.6) is 5.75 Å². The van der Waals surface area contributed by atoms with Crippen LogP contribution in [0.2, 0.25) is 0 Å². The molecule has 0 aromatic heterocycles. The van der Waals surface area contributed by atoms with E-state index in [2.05, 4.69) is 0 Å². The molecule has 2 aromatic carbocycles. The van der Waals surface area contributed by atoms with E-state index in [1.165, 1.54) is 12.1 Å². The SMILES string of the molecule is CN(C)c1cc(-c2ccc(C(N)=O)cc2)c(O)c2c1C[C@H]1C[C@H]3CC(O)=C(C(=O)O)C(=O)[C@@]3(O)C(O)=C1C2=O. The third-order valence-electron chi connectivity index (χ3n) is 7.97. The average molecular weight is 535 g/mol. The minimum atomic E-state index is -2.71. The van der Waals surface area contributed by atoms with Gasteiger partial charge in [-0.05, 0) is 48.1 Å². The molecule has 3 aliphatic rings. The largest absolute Gasteiger partial charge is 0.511 e. The molecule has 2 aromatic rings. The number of carbonyl (C=O) groups is 4. The number of carboxylic acid groups (broad SMARTS) is 1. The van der Waals surface area contributed by atoms with Gasteiger partial charge in [-0.3, -0.25) is 14.4 Å². The molecule has 5 rings (SSSR count). The number of Topliss-reactive ketones (excluding diaryl/α,β-unsaturated/α-hetero) is 2. The summed E-state index contributed by atoms with van der Waals surface area (Å²) in [5.74, 6) is -8.36. The molecule has 3 atom stereocenters. The zero-order valence-corrected chi connectivity index (χ0v) is 21.1. The number of fused-ring (bicyclic) bond motifs is 3. The van der Waals surface area contributed by atoms with Gasteiger partial charge in [0, 0.05) is 48.8 Å². The second kappa shape index (κ2) is 8.70. The second-order valence-corrected chi connectivity index (χ2v) is 10.3. The summed E-state index contributed by atoms with van der Waals surface area (Å²) in [6, 6.07) is 7.79. The number of aliphatic hydroxyl groups excluding tert-OH is 2. The van der Waals surface area contributed by atoms with E-state index < -0.39 is 58.0 Å². The number of allylic oxidation sites excluding steroid dienone is 2. The van der Waals surface area contributed by atoms with E-state index in [9.17, 15) is 44.7 Å². The number of nitrogens with zero attached hydrogens (tertiary/aromatic N) is 1. The van der Waals surface area contributed by atoms with E-state index in [4.69, 9.17) is 5.73 Å². The Bertz CT molecular complexity index is 1550. The first-order valence-electron chi connectivity index (χ1n) is 12.2. The van der Waals surface area contributed by atoms with Crippen LogP contribution < -0.4 is 10.6 Å². The lowest BCUT2D eigenvalue weighted by Gasteiger charge is -2.45. The van der Waals surface area contributed by atoms with Gasteiger partial charge in [-0.2, -0.15) is 0 Å². The first kappa shape index (κ1) is 26.0. The van der Waals surface area contributed by atoms with Crippen molar-refractivity contribution < 1.29 is 44.7 Å². The van der Waals surface area contributed by atoms with Crippen molar-refractivity contribution in [2.75, 3.05) is 19.0 Å². The molecule has 0 saturated carbocycles. The van der Waals surface area contributed by atoms with Crippen LogP contribution in [0.3, 0.4) is 0 Å². The van der Waals surface area contributed by atoms with Crippen LogP contribution in [0.15, 0.2) is 53.0 Å². The predicted octanol–water partition coefficient (Wildman–Crippen LogP) is 2.01. The minimum Gasteiger partial charge on any atom is -0.511 e. The van der Waals surface area contributed by atoms with Crippen molar-refractivity contribution in [2.45, 2.75) is 24.9 Å². The fraction of sp³-hybridized carbons (Fsp3) is 0.286. The van der Waals surface area contributed by atoms with Crippen molar-refractivity contribution >= 4 is 29.1 Å². The van der Waals surface area contributed by atoms with Gasteiger partial charge >= 0.3 is 5.97 Å². The summed E-state index contributed by atoms with van der Waals surface area (Å²) in [5, 5.41) is 53.5. The highest BCUT2D eigenvalue weighted by atomic mass is 16.4. The van der Waals surface area contributed by atoms with Crippen LogP contribution in [0.4, 0.5) is 5.69 Å². The van der Waals surface area contributed by atoms with Gasteiger partial charge in [0.1, 0.15) is 22.8 Å². The average Bonchev–Trinajstić information content (AvgIpc) is 2.86. The van der Waals surface area contributed by atoms with E-state index in [1.807, 2.05) is 0 Å². The highest BCUT2D eigenvalue weighted by Gasteiger charge is 2.60. The number of carboxylic acids is 1. The normalized spacial score (nSPS) is 24.2. The lowest BCUT2D eigenvalue weighted by Crippen LogP contribution is -2.56. The maximum atomic E-state index is 13.9. The summed E-state index contributed by atoms with van der Waals surface area (Å²) in [6.45, 7) is 0. The monoisotopic (exact) mass is 534 g/mol. The first-order chi connectivity index (χ1) is 18.3. The van der Waals surface area contributed by atoms with E-state index in [0.717, 1.165) is 0 Å². The fourth-order valence-corrected chi connectivity index (χ4v) is 6.07. The van der Waals surface area contributed by atoms with Crippen molar-refractivity contribution in [3.63, 3.8) is 0 Å². The molecule has 1 amide bonds. The lowest BCUT2D eigenvalue weighted by molar-refractivity contribution is -0.147. The van der Waals surface area contributed by atoms with E-state index in [1.54, 1.807) is 37.2 Å². The quantitative estimate of drug-likeness (QED) is 0.315. The summed E-state index contributed by atoms with van der Waals surface area (Å²) in [7, 11) is 3.52. The van der Waals surface area contributed by atoms with Crippen molar-refractivity contribution in [2.24, 2.45) is 17.6 Å². The number of phenols is 1. The molecule has 0 saturated heterocycles. The standard InChI is InChI=1S/C28H26N2O9/c1-30(2)17-10-15(11-3-5-12(6-4-11)26(29)36)22(32)20-16(17)8-13-7-14-9-18(31)21(27(37)38)25(35)28(14,39)24(34)19(13)23(20)33/h3-6,10,13-14,31-32,34,39H,7-9H2,1-2H3,(H2,29,36)(H,37,38)/t13-,14+,28+/m1/s1. The molecule has 0 aliphatic heterocycles. The van der Waals surface area contributed by atoms with Crippen LogP contribution >= 0.6 is 0 Å². The molecule has 11 heteroatoms. The van der Waals surface area contributed by atoms with E-state index in [0.29, 0.717) is 16.8 Å². The number of primary amides is 1. The van der Waals surface area contributed by atoms with E-state index >= 15 is 0 Å². The maximum Gasteiger partial charge on any atom is 0.342 e. The molecule has 202 valence electrons. The molecule has 0 spiro atoms. The summed E-state index contributed by atoms with van der Waals surface area (Å²) in [5.41, 5.74) is 3.29. The molecule has 11 nitrogen and oxygen atoms in total. The van der Waals surface area contributed by atoms with Crippen LogP contribution in [-0.4, -0.2) is 68.7 Å². The number of nitrogens with two attached hydrogens (primary N) is 1. The number of carbonyl (C=O) groups excluding carboxylic acids is 3.